The number of nitrogens with one attached hydrogen (secondary N) is 1. The number of nitrogens with zero attached hydrogens (tertiary/aromatic N) is 3. The van der Waals surface area contributed by atoms with Crippen LogP contribution in [0.25, 0.3) is 10.8 Å². The highest BCUT2D eigenvalue weighted by Gasteiger charge is 2.20. The van der Waals surface area contributed by atoms with Gasteiger partial charge in [-0.1, -0.05) is 30.3 Å². The second kappa shape index (κ2) is 7.21. The highest BCUT2D eigenvalue weighted by atomic mass is 16.5. The molecule has 0 aliphatic carbocycles. The molecule has 0 fully saturated rings. The van der Waals surface area contributed by atoms with Crippen molar-refractivity contribution >= 4 is 10.8 Å². The lowest BCUT2D eigenvalue weighted by Gasteiger charge is -2.24. The molecule has 3 aromatic rings. The van der Waals surface area contributed by atoms with E-state index in [1.165, 1.54) is 5.39 Å². The van der Waals surface area contributed by atoms with Crippen molar-refractivity contribution in [1.29, 1.82) is 0 Å². The largest absolute Gasteiger partial charge is 0.491 e. The summed E-state index contributed by atoms with van der Waals surface area (Å²) in [6, 6.07) is 14.4. The van der Waals surface area contributed by atoms with E-state index in [1.54, 1.807) is 6.33 Å². The van der Waals surface area contributed by atoms with E-state index in [2.05, 4.69) is 27.5 Å². The van der Waals surface area contributed by atoms with Crippen LogP contribution in [0.1, 0.15) is 12.2 Å². The van der Waals surface area contributed by atoms with Crippen molar-refractivity contribution in [3.05, 3.63) is 54.6 Å². The second-order valence-corrected chi connectivity index (χ2v) is 6.48. The average Bonchev–Trinajstić information content (AvgIpc) is 3.12. The lowest BCUT2D eigenvalue weighted by atomic mass is 10.1. The lowest BCUT2D eigenvalue weighted by Crippen LogP contribution is -2.42. The maximum atomic E-state index is 10.2. The summed E-state index contributed by atoms with van der Waals surface area (Å²) in [5, 5.41) is 20.1. The molecule has 130 valence electrons. The summed E-state index contributed by atoms with van der Waals surface area (Å²) in [5.41, 5.74) is 0. The summed E-state index contributed by atoms with van der Waals surface area (Å²) in [7, 11) is 0. The Morgan fingerprint density at radius 2 is 2.12 bits per heavy atom. The van der Waals surface area contributed by atoms with Crippen molar-refractivity contribution in [2.45, 2.75) is 31.5 Å². The minimum Gasteiger partial charge on any atom is -0.491 e. The van der Waals surface area contributed by atoms with Crippen LogP contribution in [0.3, 0.4) is 0 Å². The maximum absolute atomic E-state index is 10.2. The number of aromatic nitrogens is 3. The van der Waals surface area contributed by atoms with Crippen molar-refractivity contribution in [2.24, 2.45) is 0 Å². The number of aryl methyl sites for hydroxylation is 1. The Hall–Kier alpha value is -2.44. The molecule has 25 heavy (non-hydrogen) atoms. The van der Waals surface area contributed by atoms with Crippen molar-refractivity contribution in [3.8, 4) is 5.75 Å². The van der Waals surface area contributed by atoms with Gasteiger partial charge in [-0.05, 0) is 29.3 Å². The quantitative estimate of drug-likeness (QED) is 0.717. The van der Waals surface area contributed by atoms with Crippen molar-refractivity contribution in [3.63, 3.8) is 0 Å². The van der Waals surface area contributed by atoms with Crippen LogP contribution < -0.4 is 10.1 Å². The molecule has 1 aromatic heterocycles. The predicted octanol–water partition coefficient (Wildman–Crippen LogP) is 1.78. The Morgan fingerprint density at radius 1 is 1.24 bits per heavy atom. The molecule has 6 nitrogen and oxygen atoms in total. The third-order valence-corrected chi connectivity index (χ3v) is 4.61. The van der Waals surface area contributed by atoms with Gasteiger partial charge in [-0.3, -0.25) is 0 Å². The molecule has 0 unspecified atom stereocenters. The molecular weight excluding hydrogens is 316 g/mol. The predicted molar refractivity (Wildman–Crippen MR) is 95.6 cm³/mol. The summed E-state index contributed by atoms with van der Waals surface area (Å²) in [5.74, 6) is 1.82. The monoisotopic (exact) mass is 338 g/mol. The number of hydrogen-bond donors (Lipinski definition) is 2. The van der Waals surface area contributed by atoms with Gasteiger partial charge in [-0.25, -0.2) is 9.67 Å². The van der Waals surface area contributed by atoms with Gasteiger partial charge in [0.05, 0.1) is 6.54 Å². The Kier molecular flexibility index (Phi) is 4.63. The molecule has 6 heteroatoms. The fourth-order valence-corrected chi connectivity index (χ4v) is 3.22. The first-order chi connectivity index (χ1) is 12.3. The summed E-state index contributed by atoms with van der Waals surface area (Å²) in [6.45, 7) is 1.57. The first-order valence-corrected chi connectivity index (χ1v) is 8.67. The summed E-state index contributed by atoms with van der Waals surface area (Å²) < 4.78 is 7.67. The van der Waals surface area contributed by atoms with Gasteiger partial charge in [0.2, 0.25) is 0 Å². The molecule has 0 saturated carbocycles. The highest BCUT2D eigenvalue weighted by molar-refractivity contribution is 5.83. The van der Waals surface area contributed by atoms with Gasteiger partial charge in [0.25, 0.3) is 0 Å². The van der Waals surface area contributed by atoms with E-state index < -0.39 is 6.10 Å². The lowest BCUT2D eigenvalue weighted by molar-refractivity contribution is 0.101. The smallest absolute Gasteiger partial charge is 0.138 e. The SMILES string of the molecule is O[C@H](CN[C@@H]1CCc2ncnn2C1)COc1ccc2ccccc2c1. The average molecular weight is 338 g/mol. The zero-order valence-electron chi connectivity index (χ0n) is 14.0. The Balaban J connectivity index is 1.25. The van der Waals surface area contributed by atoms with Gasteiger partial charge >= 0.3 is 0 Å². The van der Waals surface area contributed by atoms with Crippen LogP contribution in [-0.4, -0.2) is 45.2 Å². The zero-order valence-corrected chi connectivity index (χ0v) is 14.0. The van der Waals surface area contributed by atoms with E-state index >= 15 is 0 Å². The molecule has 1 aliphatic heterocycles. The Labute approximate surface area is 146 Å². The van der Waals surface area contributed by atoms with E-state index in [0.29, 0.717) is 12.6 Å². The summed E-state index contributed by atoms with van der Waals surface area (Å²) in [6.07, 6.45) is 2.98. The topological polar surface area (TPSA) is 72.2 Å². The molecule has 2 heterocycles. The number of hydrogen-bond acceptors (Lipinski definition) is 5. The highest BCUT2D eigenvalue weighted by Crippen LogP contribution is 2.20. The standard InChI is InChI=1S/C19H22N4O2/c24-17(10-20-16-6-8-19-21-13-22-23(19)11-16)12-25-18-7-5-14-3-1-2-4-15(14)9-18/h1-5,7,9,13,16-17,20,24H,6,8,10-12H2/t16-,17-/m1/s1. The molecule has 4 rings (SSSR count). The first-order valence-electron chi connectivity index (χ1n) is 8.67. The van der Waals surface area contributed by atoms with Gasteiger partial charge in [0.1, 0.15) is 30.6 Å². The third-order valence-electron chi connectivity index (χ3n) is 4.61. The molecule has 0 radical (unpaired) electrons. The number of rotatable bonds is 6. The molecular formula is C19H22N4O2. The molecule has 0 amide bonds. The van der Waals surface area contributed by atoms with Gasteiger partial charge in [0, 0.05) is 19.0 Å². The molecule has 2 aromatic carbocycles. The molecule has 0 bridgehead atoms. The van der Waals surface area contributed by atoms with Crippen LogP contribution in [-0.2, 0) is 13.0 Å². The number of aliphatic hydroxyl groups excluding tert-OH is 1. The van der Waals surface area contributed by atoms with Crippen LogP contribution in [0.5, 0.6) is 5.75 Å². The van der Waals surface area contributed by atoms with E-state index in [9.17, 15) is 5.11 Å². The normalized spacial score (nSPS) is 18.0. The number of fused-ring (bicyclic) bond motifs is 2. The Morgan fingerprint density at radius 3 is 3.04 bits per heavy atom. The summed E-state index contributed by atoms with van der Waals surface area (Å²) in [4.78, 5) is 4.23. The number of benzene rings is 2. The van der Waals surface area contributed by atoms with Gasteiger partial charge in [-0.2, -0.15) is 5.10 Å². The molecule has 2 N–H and O–H groups in total. The van der Waals surface area contributed by atoms with Gasteiger partial charge < -0.3 is 15.2 Å². The minimum absolute atomic E-state index is 0.270. The van der Waals surface area contributed by atoms with E-state index in [4.69, 9.17) is 4.74 Å². The van der Waals surface area contributed by atoms with E-state index in [1.807, 2.05) is 35.0 Å². The number of aliphatic hydroxyl groups is 1. The molecule has 0 spiro atoms. The molecule has 2 atom stereocenters. The third kappa shape index (κ3) is 3.81. The van der Waals surface area contributed by atoms with Crippen molar-refractivity contribution in [1.82, 2.24) is 20.1 Å². The van der Waals surface area contributed by atoms with Gasteiger partial charge in [0.15, 0.2) is 0 Å². The van der Waals surface area contributed by atoms with Crippen LogP contribution in [0.4, 0.5) is 0 Å². The minimum atomic E-state index is -0.552. The fraction of sp³-hybridized carbons (Fsp3) is 0.368. The van der Waals surface area contributed by atoms with Gasteiger partial charge in [-0.15, -0.1) is 0 Å². The Bertz CT molecular complexity index is 848. The fourth-order valence-electron chi connectivity index (χ4n) is 3.22. The second-order valence-electron chi connectivity index (χ2n) is 6.48. The number of ether oxygens (including phenoxy) is 1. The summed E-state index contributed by atoms with van der Waals surface area (Å²) >= 11 is 0. The van der Waals surface area contributed by atoms with E-state index in [0.717, 1.165) is 36.3 Å². The van der Waals surface area contributed by atoms with Crippen molar-refractivity contribution in [2.75, 3.05) is 13.2 Å². The molecule has 0 saturated heterocycles. The zero-order chi connectivity index (χ0) is 17.1. The van der Waals surface area contributed by atoms with Crippen LogP contribution in [0, 0.1) is 0 Å². The van der Waals surface area contributed by atoms with Crippen molar-refractivity contribution < 1.29 is 9.84 Å². The van der Waals surface area contributed by atoms with Crippen LogP contribution in [0.15, 0.2) is 48.8 Å². The molecule has 1 aliphatic rings. The van der Waals surface area contributed by atoms with Crippen LogP contribution in [0.2, 0.25) is 0 Å². The van der Waals surface area contributed by atoms with Crippen LogP contribution >= 0.6 is 0 Å². The maximum Gasteiger partial charge on any atom is 0.138 e. The first kappa shape index (κ1) is 16.1. The van der Waals surface area contributed by atoms with E-state index in [-0.39, 0.29) is 6.61 Å².